The average Bonchev–Trinajstić information content (AvgIpc) is 2.21. The summed E-state index contributed by atoms with van der Waals surface area (Å²) in [5.74, 6) is 0.143. The summed E-state index contributed by atoms with van der Waals surface area (Å²) in [4.78, 5) is 1.86. The molecule has 0 aliphatic carbocycles. The Bertz CT molecular complexity index is 383. The lowest BCUT2D eigenvalue weighted by molar-refractivity contribution is 0.259. The molecule has 0 aromatic heterocycles. The van der Waals surface area contributed by atoms with Crippen molar-refractivity contribution in [3.8, 4) is 0 Å². The van der Waals surface area contributed by atoms with Crippen molar-refractivity contribution in [2.24, 2.45) is 10.9 Å². The molecule has 0 aliphatic rings. The van der Waals surface area contributed by atoms with Gasteiger partial charge in [-0.1, -0.05) is 5.16 Å². The summed E-state index contributed by atoms with van der Waals surface area (Å²) in [5, 5.41) is 11.4. The highest BCUT2D eigenvalue weighted by molar-refractivity contribution is 7.92. The van der Waals surface area contributed by atoms with Gasteiger partial charge in [0.25, 0.3) is 0 Å². The number of nitrogens with zero attached hydrogens (tertiary/aromatic N) is 2. The second-order valence-electron chi connectivity index (χ2n) is 5.59. The van der Waals surface area contributed by atoms with E-state index in [0.717, 1.165) is 0 Å². The molecule has 0 spiro atoms. The summed E-state index contributed by atoms with van der Waals surface area (Å²) < 4.78 is 23.2. The molecular formula is C11H25N3O3S. The lowest BCUT2D eigenvalue weighted by Gasteiger charge is -2.27. The quantitative estimate of drug-likeness (QED) is 0.322. The molecule has 7 heteroatoms. The largest absolute Gasteiger partial charge is 0.409 e. The fraction of sp³-hybridized carbons (Fsp3) is 0.909. The van der Waals surface area contributed by atoms with Gasteiger partial charge in [-0.15, -0.1) is 0 Å². The zero-order valence-corrected chi connectivity index (χ0v) is 12.7. The Kier molecular flexibility index (Phi) is 6.09. The molecule has 0 aliphatic heterocycles. The summed E-state index contributed by atoms with van der Waals surface area (Å²) in [5.41, 5.74) is 5.45. The molecule has 18 heavy (non-hydrogen) atoms. The van der Waals surface area contributed by atoms with Gasteiger partial charge in [0.15, 0.2) is 15.7 Å². The molecule has 0 aromatic carbocycles. The molecule has 0 heterocycles. The molecule has 0 bridgehead atoms. The van der Waals surface area contributed by atoms with Crippen molar-refractivity contribution in [3.05, 3.63) is 0 Å². The first-order valence-corrected chi connectivity index (χ1v) is 7.59. The van der Waals surface area contributed by atoms with Crippen LogP contribution in [0.25, 0.3) is 0 Å². The van der Waals surface area contributed by atoms with Crippen molar-refractivity contribution in [2.75, 3.05) is 18.8 Å². The summed E-state index contributed by atoms with van der Waals surface area (Å²) >= 11 is 0. The predicted molar refractivity (Wildman–Crippen MR) is 73.7 cm³/mol. The number of nitrogens with two attached hydrogens (primary N) is 1. The standard InChI is InChI=1S/C11H25N3O3S/c1-9(2)14(8-10(12)13-15)6-7-18(16,17)11(3,4)5/h9,15H,6-8H2,1-5H3,(H2,12,13). The average molecular weight is 279 g/mol. The van der Waals surface area contributed by atoms with Crippen molar-refractivity contribution in [1.82, 2.24) is 4.90 Å². The maximum atomic E-state index is 12.0. The zero-order valence-electron chi connectivity index (χ0n) is 11.8. The van der Waals surface area contributed by atoms with Crippen LogP contribution in [0.3, 0.4) is 0 Å². The minimum atomic E-state index is -3.15. The maximum absolute atomic E-state index is 12.0. The van der Waals surface area contributed by atoms with Crippen molar-refractivity contribution in [1.29, 1.82) is 0 Å². The van der Waals surface area contributed by atoms with Gasteiger partial charge in [-0.3, -0.25) is 4.90 Å². The van der Waals surface area contributed by atoms with E-state index in [1.165, 1.54) is 0 Å². The molecule has 0 radical (unpaired) electrons. The number of amidine groups is 1. The maximum Gasteiger partial charge on any atom is 0.156 e. The Morgan fingerprint density at radius 2 is 1.89 bits per heavy atom. The molecule has 0 atom stereocenters. The van der Waals surface area contributed by atoms with E-state index in [0.29, 0.717) is 6.54 Å². The van der Waals surface area contributed by atoms with Crippen LogP contribution in [0.15, 0.2) is 5.16 Å². The minimum Gasteiger partial charge on any atom is -0.409 e. The molecule has 0 amide bonds. The summed E-state index contributed by atoms with van der Waals surface area (Å²) in [6.07, 6.45) is 0. The molecule has 0 saturated heterocycles. The Labute approximate surface area is 110 Å². The molecule has 0 saturated carbocycles. The third-order valence-electron chi connectivity index (χ3n) is 2.80. The minimum absolute atomic E-state index is 0.0629. The second-order valence-corrected chi connectivity index (χ2v) is 8.45. The first kappa shape index (κ1) is 17.2. The monoisotopic (exact) mass is 279 g/mol. The van der Waals surface area contributed by atoms with Gasteiger partial charge < -0.3 is 10.9 Å². The van der Waals surface area contributed by atoms with E-state index >= 15 is 0 Å². The van der Waals surface area contributed by atoms with Gasteiger partial charge in [0.05, 0.1) is 17.0 Å². The van der Waals surface area contributed by atoms with E-state index in [4.69, 9.17) is 10.9 Å². The molecule has 3 N–H and O–H groups in total. The molecular weight excluding hydrogens is 254 g/mol. The fourth-order valence-electron chi connectivity index (χ4n) is 1.30. The fourth-order valence-corrected chi connectivity index (χ4v) is 2.39. The van der Waals surface area contributed by atoms with Crippen molar-refractivity contribution < 1.29 is 13.6 Å². The van der Waals surface area contributed by atoms with Gasteiger partial charge in [0.2, 0.25) is 0 Å². The summed E-state index contributed by atoms with van der Waals surface area (Å²) in [6.45, 7) is 9.56. The van der Waals surface area contributed by atoms with E-state index in [2.05, 4.69) is 5.16 Å². The van der Waals surface area contributed by atoms with E-state index in [1.54, 1.807) is 20.8 Å². The number of rotatable bonds is 6. The van der Waals surface area contributed by atoms with Crippen LogP contribution in [-0.2, 0) is 9.84 Å². The number of oxime groups is 1. The van der Waals surface area contributed by atoms with Gasteiger partial charge in [0, 0.05) is 12.6 Å². The van der Waals surface area contributed by atoms with Crippen molar-refractivity contribution >= 4 is 15.7 Å². The highest BCUT2D eigenvalue weighted by Crippen LogP contribution is 2.16. The lowest BCUT2D eigenvalue weighted by Crippen LogP contribution is -2.43. The number of hydrogen-bond donors (Lipinski definition) is 2. The van der Waals surface area contributed by atoms with E-state index in [9.17, 15) is 8.42 Å². The van der Waals surface area contributed by atoms with Gasteiger partial charge in [-0.25, -0.2) is 8.42 Å². The third kappa shape index (κ3) is 5.22. The molecule has 0 aromatic rings. The Morgan fingerprint density at radius 3 is 2.22 bits per heavy atom. The van der Waals surface area contributed by atoms with Gasteiger partial charge in [-0.2, -0.15) is 0 Å². The van der Waals surface area contributed by atoms with Gasteiger partial charge in [0.1, 0.15) is 0 Å². The first-order valence-electron chi connectivity index (χ1n) is 5.94. The van der Waals surface area contributed by atoms with Crippen LogP contribution in [-0.4, -0.2) is 54.0 Å². The van der Waals surface area contributed by atoms with Crippen molar-refractivity contribution in [2.45, 2.75) is 45.4 Å². The Balaban J connectivity index is 4.65. The van der Waals surface area contributed by atoms with Crippen molar-refractivity contribution in [3.63, 3.8) is 0 Å². The van der Waals surface area contributed by atoms with Crippen LogP contribution in [0.5, 0.6) is 0 Å². The third-order valence-corrected chi connectivity index (χ3v) is 5.39. The first-order chi connectivity index (χ1) is 8.01. The summed E-state index contributed by atoms with van der Waals surface area (Å²) in [7, 11) is -3.15. The number of sulfone groups is 1. The lowest BCUT2D eigenvalue weighted by atomic mass is 10.3. The predicted octanol–water partition coefficient (Wildman–Crippen LogP) is 0.657. The smallest absolute Gasteiger partial charge is 0.156 e. The van der Waals surface area contributed by atoms with Crippen LogP contribution in [0.4, 0.5) is 0 Å². The van der Waals surface area contributed by atoms with Crippen LogP contribution in [0, 0.1) is 0 Å². The van der Waals surface area contributed by atoms with Gasteiger partial charge >= 0.3 is 0 Å². The molecule has 6 nitrogen and oxygen atoms in total. The van der Waals surface area contributed by atoms with Crippen LogP contribution < -0.4 is 5.73 Å². The zero-order chi connectivity index (χ0) is 14.6. The van der Waals surface area contributed by atoms with Crippen LogP contribution in [0.1, 0.15) is 34.6 Å². The Morgan fingerprint density at radius 1 is 1.39 bits per heavy atom. The molecule has 0 unspecified atom stereocenters. The van der Waals surface area contributed by atoms with E-state index < -0.39 is 14.6 Å². The molecule has 108 valence electrons. The van der Waals surface area contributed by atoms with Gasteiger partial charge in [-0.05, 0) is 34.6 Å². The normalized spacial score (nSPS) is 14.5. The van der Waals surface area contributed by atoms with E-state index in [-0.39, 0.29) is 24.2 Å². The topological polar surface area (TPSA) is 96.0 Å². The van der Waals surface area contributed by atoms with E-state index in [1.807, 2.05) is 18.7 Å². The Hall–Kier alpha value is -0.820. The van der Waals surface area contributed by atoms with Crippen LogP contribution in [0.2, 0.25) is 0 Å². The second kappa shape index (κ2) is 6.38. The molecule has 0 fully saturated rings. The van der Waals surface area contributed by atoms with Crippen LogP contribution >= 0.6 is 0 Å². The number of hydrogen-bond acceptors (Lipinski definition) is 5. The highest BCUT2D eigenvalue weighted by Gasteiger charge is 2.29. The molecule has 0 rings (SSSR count). The SMILES string of the molecule is CC(C)N(CCS(=O)(=O)C(C)(C)C)CC(N)=NO. The summed E-state index contributed by atoms with van der Waals surface area (Å²) in [6, 6.07) is 0.125. The highest BCUT2D eigenvalue weighted by atomic mass is 32.2.